The molecule has 72 valence electrons. The summed E-state index contributed by atoms with van der Waals surface area (Å²) in [6.07, 6.45) is -1.15. The molecule has 0 aliphatic rings. The minimum absolute atomic E-state index is 0.401. The fourth-order valence-electron chi connectivity index (χ4n) is 1.04. The summed E-state index contributed by atoms with van der Waals surface area (Å²) in [6.45, 7) is -0.835. The maximum Gasteiger partial charge on any atom is 0.126 e. The Balaban J connectivity index is 3.05. The molecule has 1 rings (SSSR count). The Morgan fingerprint density at radius 2 is 2.31 bits per heavy atom. The Bertz CT molecular complexity index is 291. The van der Waals surface area contributed by atoms with E-state index in [4.69, 9.17) is 16.3 Å². The molecule has 0 aliphatic carbocycles. The van der Waals surface area contributed by atoms with Crippen molar-refractivity contribution < 1.29 is 14.2 Å². The van der Waals surface area contributed by atoms with Gasteiger partial charge in [-0.05, 0) is 12.1 Å². The molecule has 1 N–H and O–H groups in total. The third-order valence-electron chi connectivity index (χ3n) is 1.70. The minimum atomic E-state index is -1.15. The largest absolute Gasteiger partial charge is 0.496 e. The summed E-state index contributed by atoms with van der Waals surface area (Å²) in [6, 6.07) is 4.67. The van der Waals surface area contributed by atoms with Crippen LogP contribution in [-0.4, -0.2) is 18.9 Å². The molecule has 0 saturated heterocycles. The summed E-state index contributed by atoms with van der Waals surface area (Å²) in [5, 5.41) is 9.73. The first kappa shape index (κ1) is 10.3. The molecule has 2 nitrogen and oxygen atoms in total. The van der Waals surface area contributed by atoms with Crippen LogP contribution in [0.25, 0.3) is 0 Å². The van der Waals surface area contributed by atoms with Gasteiger partial charge in [0, 0.05) is 10.6 Å². The molecular weight excluding hydrogens is 195 g/mol. The molecule has 0 heterocycles. The molecule has 1 atom stereocenters. The summed E-state index contributed by atoms with van der Waals surface area (Å²) in [5.74, 6) is 0.401. The molecule has 0 bridgehead atoms. The van der Waals surface area contributed by atoms with E-state index in [1.807, 2.05) is 0 Å². The van der Waals surface area contributed by atoms with Crippen LogP contribution in [0.5, 0.6) is 5.75 Å². The van der Waals surface area contributed by atoms with Crippen LogP contribution in [-0.2, 0) is 0 Å². The SMILES string of the molecule is COc1cc(Cl)ccc1C(O)CF. The zero-order valence-electron chi connectivity index (χ0n) is 7.13. The Morgan fingerprint density at radius 1 is 1.62 bits per heavy atom. The van der Waals surface area contributed by atoms with Crippen molar-refractivity contribution in [2.45, 2.75) is 6.10 Å². The summed E-state index contributed by atoms with van der Waals surface area (Å²) in [5.41, 5.74) is 0.411. The topological polar surface area (TPSA) is 29.5 Å². The van der Waals surface area contributed by atoms with Crippen LogP contribution < -0.4 is 4.74 Å². The number of hydrogen-bond donors (Lipinski definition) is 1. The molecule has 0 aromatic heterocycles. The van der Waals surface area contributed by atoms with E-state index in [2.05, 4.69) is 0 Å². The van der Waals surface area contributed by atoms with Crippen LogP contribution >= 0.6 is 11.6 Å². The third kappa shape index (κ3) is 2.32. The van der Waals surface area contributed by atoms with Gasteiger partial charge in [0.25, 0.3) is 0 Å². The van der Waals surface area contributed by atoms with Crippen molar-refractivity contribution in [3.05, 3.63) is 28.8 Å². The van der Waals surface area contributed by atoms with E-state index in [-0.39, 0.29) is 0 Å². The molecule has 0 fully saturated rings. The highest BCUT2D eigenvalue weighted by molar-refractivity contribution is 6.30. The lowest BCUT2D eigenvalue weighted by Gasteiger charge is -2.11. The fraction of sp³-hybridized carbons (Fsp3) is 0.333. The van der Waals surface area contributed by atoms with Crippen LogP contribution in [0, 0.1) is 0 Å². The zero-order chi connectivity index (χ0) is 9.84. The zero-order valence-corrected chi connectivity index (χ0v) is 7.88. The van der Waals surface area contributed by atoms with Crippen molar-refractivity contribution in [2.75, 3.05) is 13.8 Å². The second-order valence-corrected chi connectivity index (χ2v) is 2.99. The number of benzene rings is 1. The van der Waals surface area contributed by atoms with Gasteiger partial charge in [0.1, 0.15) is 18.5 Å². The highest BCUT2D eigenvalue weighted by Gasteiger charge is 2.12. The molecule has 1 aromatic rings. The Kier molecular flexibility index (Phi) is 3.51. The standard InChI is InChI=1S/C9H10ClFO2/c1-13-9-4-6(10)2-3-7(9)8(12)5-11/h2-4,8,12H,5H2,1H3. The van der Waals surface area contributed by atoms with Gasteiger partial charge in [-0.1, -0.05) is 17.7 Å². The third-order valence-corrected chi connectivity index (χ3v) is 1.94. The molecule has 0 amide bonds. The molecule has 0 saturated carbocycles. The Morgan fingerprint density at radius 3 is 2.85 bits per heavy atom. The van der Waals surface area contributed by atoms with Crippen LogP contribution in [0.1, 0.15) is 11.7 Å². The van der Waals surface area contributed by atoms with Crippen LogP contribution in [0.4, 0.5) is 4.39 Å². The maximum absolute atomic E-state index is 12.2. The van der Waals surface area contributed by atoms with Gasteiger partial charge >= 0.3 is 0 Å². The molecule has 0 spiro atoms. The minimum Gasteiger partial charge on any atom is -0.496 e. The Hall–Kier alpha value is -0.800. The predicted octanol–water partition coefficient (Wildman–Crippen LogP) is 2.35. The lowest BCUT2D eigenvalue weighted by atomic mass is 10.1. The average Bonchev–Trinajstić information content (AvgIpc) is 2.16. The normalized spacial score (nSPS) is 12.6. The van der Waals surface area contributed by atoms with E-state index in [9.17, 15) is 9.50 Å². The number of hydrogen-bond acceptors (Lipinski definition) is 2. The van der Waals surface area contributed by atoms with Crippen LogP contribution in [0.3, 0.4) is 0 Å². The predicted molar refractivity (Wildman–Crippen MR) is 48.9 cm³/mol. The maximum atomic E-state index is 12.2. The van der Waals surface area contributed by atoms with E-state index >= 15 is 0 Å². The first-order valence-corrected chi connectivity index (χ1v) is 4.14. The highest BCUT2D eigenvalue weighted by Crippen LogP contribution is 2.28. The summed E-state index contributed by atoms with van der Waals surface area (Å²) >= 11 is 5.69. The van der Waals surface area contributed by atoms with Crippen molar-refractivity contribution in [3.63, 3.8) is 0 Å². The van der Waals surface area contributed by atoms with Crippen LogP contribution in [0.15, 0.2) is 18.2 Å². The second kappa shape index (κ2) is 4.44. The quantitative estimate of drug-likeness (QED) is 0.819. The molecule has 0 radical (unpaired) electrons. The number of aliphatic hydroxyl groups is 1. The first-order chi connectivity index (χ1) is 6.19. The van der Waals surface area contributed by atoms with Gasteiger partial charge in [-0.2, -0.15) is 0 Å². The van der Waals surface area contributed by atoms with E-state index in [0.29, 0.717) is 16.3 Å². The number of aliphatic hydroxyl groups excluding tert-OH is 1. The van der Waals surface area contributed by atoms with E-state index in [1.165, 1.54) is 13.2 Å². The van der Waals surface area contributed by atoms with E-state index < -0.39 is 12.8 Å². The van der Waals surface area contributed by atoms with Crippen molar-refractivity contribution in [2.24, 2.45) is 0 Å². The first-order valence-electron chi connectivity index (χ1n) is 3.76. The second-order valence-electron chi connectivity index (χ2n) is 2.56. The summed E-state index contributed by atoms with van der Waals surface area (Å²) in [7, 11) is 1.44. The highest BCUT2D eigenvalue weighted by atomic mass is 35.5. The fourth-order valence-corrected chi connectivity index (χ4v) is 1.21. The number of rotatable bonds is 3. The smallest absolute Gasteiger partial charge is 0.126 e. The number of halogens is 2. The molecule has 4 heteroatoms. The van der Waals surface area contributed by atoms with Crippen molar-refractivity contribution in [1.82, 2.24) is 0 Å². The molecule has 0 aliphatic heterocycles. The monoisotopic (exact) mass is 204 g/mol. The average molecular weight is 205 g/mol. The van der Waals surface area contributed by atoms with Gasteiger partial charge in [0.2, 0.25) is 0 Å². The van der Waals surface area contributed by atoms with Gasteiger partial charge in [-0.15, -0.1) is 0 Å². The molecule has 13 heavy (non-hydrogen) atoms. The molecule has 1 unspecified atom stereocenters. The van der Waals surface area contributed by atoms with Gasteiger partial charge in [-0.25, -0.2) is 4.39 Å². The lowest BCUT2D eigenvalue weighted by molar-refractivity contribution is 0.138. The Labute approximate surface area is 80.9 Å². The number of methoxy groups -OCH3 is 1. The number of ether oxygens (including phenoxy) is 1. The summed E-state index contributed by atoms with van der Waals surface area (Å²) < 4.78 is 17.1. The van der Waals surface area contributed by atoms with Crippen molar-refractivity contribution >= 4 is 11.6 Å². The van der Waals surface area contributed by atoms with Gasteiger partial charge in [-0.3, -0.25) is 0 Å². The molecular formula is C9H10ClFO2. The van der Waals surface area contributed by atoms with Crippen LogP contribution in [0.2, 0.25) is 5.02 Å². The van der Waals surface area contributed by atoms with E-state index in [0.717, 1.165) is 0 Å². The van der Waals surface area contributed by atoms with Gasteiger partial charge in [0.05, 0.1) is 7.11 Å². The molecule has 1 aromatic carbocycles. The van der Waals surface area contributed by atoms with Crippen molar-refractivity contribution in [1.29, 1.82) is 0 Å². The summed E-state index contributed by atoms with van der Waals surface area (Å²) in [4.78, 5) is 0. The lowest BCUT2D eigenvalue weighted by Crippen LogP contribution is -2.01. The van der Waals surface area contributed by atoms with Crippen molar-refractivity contribution in [3.8, 4) is 5.75 Å². The van der Waals surface area contributed by atoms with Gasteiger partial charge < -0.3 is 9.84 Å². The van der Waals surface area contributed by atoms with Gasteiger partial charge in [0.15, 0.2) is 0 Å². The number of alkyl halides is 1. The van der Waals surface area contributed by atoms with E-state index in [1.54, 1.807) is 12.1 Å².